The van der Waals surface area contributed by atoms with Crippen LogP contribution in [0.25, 0.3) is 6.08 Å². The number of rotatable bonds is 7. The van der Waals surface area contributed by atoms with Crippen molar-refractivity contribution in [1.82, 2.24) is 10.2 Å². The van der Waals surface area contributed by atoms with E-state index in [0.717, 1.165) is 5.56 Å². The zero-order chi connectivity index (χ0) is 19.0. The molecule has 0 aliphatic heterocycles. The molecule has 1 aromatic carbocycles. The molecule has 0 saturated heterocycles. The van der Waals surface area contributed by atoms with E-state index in [4.69, 9.17) is 9.47 Å². The van der Waals surface area contributed by atoms with Gasteiger partial charge in [-0.25, -0.2) is 0 Å². The molecule has 1 N–H and O–H groups in total. The second-order valence-corrected chi connectivity index (χ2v) is 6.59. The summed E-state index contributed by atoms with van der Waals surface area (Å²) in [5.74, 6) is 0.884. The van der Waals surface area contributed by atoms with Gasteiger partial charge in [-0.05, 0) is 52.0 Å². The van der Waals surface area contributed by atoms with Gasteiger partial charge in [0.1, 0.15) is 11.5 Å². The van der Waals surface area contributed by atoms with Crippen molar-refractivity contribution >= 4 is 17.9 Å². The Kier molecular flexibility index (Phi) is 7.48. The van der Waals surface area contributed by atoms with E-state index in [2.05, 4.69) is 5.32 Å². The third kappa shape index (κ3) is 6.87. The van der Waals surface area contributed by atoms with Gasteiger partial charge in [-0.15, -0.1) is 0 Å². The third-order valence-corrected chi connectivity index (χ3v) is 3.38. The number of nitrogens with zero attached hydrogens (tertiary/aromatic N) is 1. The van der Waals surface area contributed by atoms with E-state index >= 15 is 0 Å². The number of amides is 2. The second-order valence-electron chi connectivity index (χ2n) is 6.59. The number of hydrogen-bond acceptors (Lipinski definition) is 4. The van der Waals surface area contributed by atoms with Crippen LogP contribution >= 0.6 is 0 Å². The van der Waals surface area contributed by atoms with Gasteiger partial charge in [0.15, 0.2) is 0 Å². The molecule has 0 aliphatic carbocycles. The number of likely N-dealkylation sites (N-methyl/N-ethyl adjacent to an activating group) is 1. The first-order valence-corrected chi connectivity index (χ1v) is 8.20. The summed E-state index contributed by atoms with van der Waals surface area (Å²) in [5.41, 5.74) is 0.397. The maximum absolute atomic E-state index is 12.4. The predicted molar refractivity (Wildman–Crippen MR) is 98.7 cm³/mol. The first kappa shape index (κ1) is 20.5. The molecule has 0 radical (unpaired) electrons. The minimum Gasteiger partial charge on any atom is -0.497 e. The molecule has 0 unspecified atom stereocenters. The average Bonchev–Trinajstić information content (AvgIpc) is 2.55. The van der Waals surface area contributed by atoms with E-state index in [1.165, 1.54) is 11.0 Å². The fourth-order valence-electron chi connectivity index (χ4n) is 2.21. The van der Waals surface area contributed by atoms with Crippen LogP contribution in [0.15, 0.2) is 24.3 Å². The molecule has 0 aliphatic rings. The standard InChI is InChI=1S/C19H28N2O4/c1-7-21(13-17(22)20-19(2,3)4)18(23)11-8-14-12-15(24-5)9-10-16(14)25-6/h8-12H,7,13H2,1-6H3,(H,20,22)/b11-8+. The molecule has 6 nitrogen and oxygen atoms in total. The second kappa shape index (κ2) is 9.11. The van der Waals surface area contributed by atoms with Crippen molar-refractivity contribution in [1.29, 1.82) is 0 Å². The monoisotopic (exact) mass is 348 g/mol. The van der Waals surface area contributed by atoms with Gasteiger partial charge in [-0.2, -0.15) is 0 Å². The smallest absolute Gasteiger partial charge is 0.247 e. The zero-order valence-corrected chi connectivity index (χ0v) is 15.9. The number of hydrogen-bond donors (Lipinski definition) is 1. The number of carbonyl (C=O) groups excluding carboxylic acids is 2. The molecule has 0 fully saturated rings. The van der Waals surface area contributed by atoms with Crippen molar-refractivity contribution in [2.45, 2.75) is 33.2 Å². The Balaban J connectivity index is 2.84. The summed E-state index contributed by atoms with van der Waals surface area (Å²) in [6.45, 7) is 8.00. The van der Waals surface area contributed by atoms with Gasteiger partial charge in [0.25, 0.3) is 0 Å². The zero-order valence-electron chi connectivity index (χ0n) is 15.9. The number of nitrogens with one attached hydrogen (secondary N) is 1. The Morgan fingerprint density at radius 3 is 2.40 bits per heavy atom. The van der Waals surface area contributed by atoms with E-state index in [9.17, 15) is 9.59 Å². The molecule has 25 heavy (non-hydrogen) atoms. The van der Waals surface area contributed by atoms with E-state index < -0.39 is 0 Å². The number of ether oxygens (including phenoxy) is 2. The third-order valence-electron chi connectivity index (χ3n) is 3.38. The fraction of sp³-hybridized carbons (Fsp3) is 0.474. The lowest BCUT2D eigenvalue weighted by Crippen LogP contribution is -2.47. The molecule has 0 saturated carbocycles. The predicted octanol–water partition coefficient (Wildman–Crippen LogP) is 2.48. The van der Waals surface area contributed by atoms with Crippen LogP contribution in [0.2, 0.25) is 0 Å². The molecule has 1 aromatic rings. The highest BCUT2D eigenvalue weighted by atomic mass is 16.5. The maximum atomic E-state index is 12.4. The van der Waals surface area contributed by atoms with Crippen molar-refractivity contribution in [2.24, 2.45) is 0 Å². The van der Waals surface area contributed by atoms with Crippen LogP contribution in [0.3, 0.4) is 0 Å². The van der Waals surface area contributed by atoms with Crippen molar-refractivity contribution < 1.29 is 19.1 Å². The van der Waals surface area contributed by atoms with Gasteiger partial charge in [0.05, 0.1) is 20.8 Å². The van der Waals surface area contributed by atoms with Crippen molar-refractivity contribution in [2.75, 3.05) is 27.3 Å². The lowest BCUT2D eigenvalue weighted by atomic mass is 10.1. The lowest BCUT2D eigenvalue weighted by molar-refractivity contribution is -0.132. The molecular formula is C19H28N2O4. The minimum absolute atomic E-state index is 0.0200. The molecule has 0 heterocycles. The minimum atomic E-state index is -0.330. The van der Waals surface area contributed by atoms with Gasteiger partial charge in [-0.1, -0.05) is 0 Å². The maximum Gasteiger partial charge on any atom is 0.247 e. The van der Waals surface area contributed by atoms with Crippen molar-refractivity contribution in [3.63, 3.8) is 0 Å². The lowest BCUT2D eigenvalue weighted by Gasteiger charge is -2.24. The highest BCUT2D eigenvalue weighted by Gasteiger charge is 2.18. The van der Waals surface area contributed by atoms with Crippen LogP contribution in [0.5, 0.6) is 11.5 Å². The van der Waals surface area contributed by atoms with Gasteiger partial charge in [-0.3, -0.25) is 9.59 Å². The van der Waals surface area contributed by atoms with Crippen LogP contribution < -0.4 is 14.8 Å². The van der Waals surface area contributed by atoms with E-state index in [-0.39, 0.29) is 23.9 Å². The molecule has 0 spiro atoms. The molecule has 1 rings (SSSR count). The molecule has 6 heteroatoms. The van der Waals surface area contributed by atoms with Gasteiger partial charge < -0.3 is 19.7 Å². The Morgan fingerprint density at radius 1 is 1.20 bits per heavy atom. The summed E-state index contributed by atoms with van der Waals surface area (Å²) in [6.07, 6.45) is 3.10. The molecule has 2 amide bonds. The van der Waals surface area contributed by atoms with E-state index in [0.29, 0.717) is 18.0 Å². The van der Waals surface area contributed by atoms with Crippen LogP contribution in [-0.2, 0) is 9.59 Å². The summed E-state index contributed by atoms with van der Waals surface area (Å²) >= 11 is 0. The molecule has 0 atom stereocenters. The van der Waals surface area contributed by atoms with E-state index in [1.54, 1.807) is 38.5 Å². The van der Waals surface area contributed by atoms with Gasteiger partial charge >= 0.3 is 0 Å². The van der Waals surface area contributed by atoms with Crippen LogP contribution in [-0.4, -0.2) is 49.6 Å². The fourth-order valence-corrected chi connectivity index (χ4v) is 2.21. The summed E-state index contributed by atoms with van der Waals surface area (Å²) in [6, 6.07) is 5.34. The highest BCUT2D eigenvalue weighted by molar-refractivity contribution is 5.94. The summed E-state index contributed by atoms with van der Waals surface area (Å²) in [5, 5.41) is 2.85. The SMILES string of the molecule is CCN(CC(=O)NC(C)(C)C)C(=O)/C=C/c1cc(OC)ccc1OC. The van der Waals surface area contributed by atoms with Gasteiger partial charge in [0.2, 0.25) is 11.8 Å². The Bertz CT molecular complexity index is 633. The summed E-state index contributed by atoms with van der Waals surface area (Å²) < 4.78 is 10.5. The first-order valence-electron chi connectivity index (χ1n) is 8.20. The summed E-state index contributed by atoms with van der Waals surface area (Å²) in [4.78, 5) is 25.9. The number of methoxy groups -OCH3 is 2. The molecule has 0 bridgehead atoms. The normalized spacial score (nSPS) is 11.3. The van der Waals surface area contributed by atoms with Crippen molar-refractivity contribution in [3.8, 4) is 11.5 Å². The largest absolute Gasteiger partial charge is 0.497 e. The topological polar surface area (TPSA) is 67.9 Å². The number of benzene rings is 1. The Labute approximate surface area is 149 Å². The quantitative estimate of drug-likeness (QED) is 0.769. The van der Waals surface area contributed by atoms with Gasteiger partial charge in [0, 0.05) is 23.7 Å². The van der Waals surface area contributed by atoms with Crippen LogP contribution in [0.1, 0.15) is 33.3 Å². The number of carbonyl (C=O) groups is 2. The first-order chi connectivity index (χ1) is 11.7. The van der Waals surface area contributed by atoms with Crippen LogP contribution in [0.4, 0.5) is 0 Å². The molecule has 0 aromatic heterocycles. The average molecular weight is 348 g/mol. The highest BCUT2D eigenvalue weighted by Crippen LogP contribution is 2.25. The van der Waals surface area contributed by atoms with E-state index in [1.807, 2.05) is 27.7 Å². The summed E-state index contributed by atoms with van der Waals surface area (Å²) in [7, 11) is 3.14. The molecule has 138 valence electrons. The Hall–Kier alpha value is -2.50. The molecular weight excluding hydrogens is 320 g/mol. The Morgan fingerprint density at radius 2 is 1.88 bits per heavy atom. The van der Waals surface area contributed by atoms with Crippen molar-refractivity contribution in [3.05, 3.63) is 29.8 Å². The van der Waals surface area contributed by atoms with Crippen LogP contribution in [0, 0.1) is 0 Å².